The SMILES string of the molecule is CC1(C)CC[C@]2(C)CC[C@]3(C)C4=CCC5C(C)(C)CCC[C@]5(C)C4CCC3(C)[C@@H]2C1. The van der Waals surface area contributed by atoms with E-state index in [1.807, 2.05) is 5.57 Å². The van der Waals surface area contributed by atoms with Gasteiger partial charge in [-0.3, -0.25) is 0 Å². The zero-order valence-electron chi connectivity index (χ0n) is 21.6. The van der Waals surface area contributed by atoms with Crippen molar-refractivity contribution in [1.29, 1.82) is 0 Å². The summed E-state index contributed by atoms with van der Waals surface area (Å²) in [6, 6.07) is 0. The summed E-state index contributed by atoms with van der Waals surface area (Å²) < 4.78 is 0. The van der Waals surface area contributed by atoms with Crippen LogP contribution in [0.2, 0.25) is 0 Å². The molecule has 0 spiro atoms. The van der Waals surface area contributed by atoms with Gasteiger partial charge in [-0.05, 0) is 114 Å². The summed E-state index contributed by atoms with van der Waals surface area (Å²) >= 11 is 0. The van der Waals surface area contributed by atoms with Crippen LogP contribution in [0.25, 0.3) is 0 Å². The van der Waals surface area contributed by atoms with Gasteiger partial charge in [0.05, 0.1) is 0 Å². The number of hydrogen-bond acceptors (Lipinski definition) is 0. The average molecular weight is 411 g/mol. The standard InChI is InChI=1S/C30H50/c1-25(2)16-17-27(5)18-19-29(7)22-10-11-23-26(3,4)13-9-14-28(23,6)21(22)12-15-30(29,8)24(27)20-25/h10,21,23-24H,9,11-20H2,1-8H3/t21?,23?,24-,27-,28-,29-,30?/m1/s1. The molecule has 0 amide bonds. The van der Waals surface area contributed by atoms with E-state index >= 15 is 0 Å². The van der Waals surface area contributed by atoms with Crippen molar-refractivity contribution in [2.45, 2.75) is 126 Å². The first-order valence-corrected chi connectivity index (χ1v) is 13.5. The van der Waals surface area contributed by atoms with Crippen molar-refractivity contribution in [2.24, 2.45) is 50.2 Å². The minimum atomic E-state index is 0.434. The van der Waals surface area contributed by atoms with Crippen molar-refractivity contribution in [3.63, 3.8) is 0 Å². The van der Waals surface area contributed by atoms with Crippen LogP contribution in [-0.2, 0) is 0 Å². The number of fused-ring (bicyclic) bond motifs is 7. The van der Waals surface area contributed by atoms with Crippen molar-refractivity contribution in [3.05, 3.63) is 11.6 Å². The van der Waals surface area contributed by atoms with Gasteiger partial charge in [0.15, 0.2) is 0 Å². The molecular formula is C30H50. The minimum Gasteiger partial charge on any atom is -0.0841 e. The van der Waals surface area contributed by atoms with Gasteiger partial charge in [0, 0.05) is 0 Å². The Kier molecular flexibility index (Phi) is 4.46. The third kappa shape index (κ3) is 2.64. The number of rotatable bonds is 0. The maximum absolute atomic E-state index is 2.83. The molecule has 0 saturated heterocycles. The van der Waals surface area contributed by atoms with Gasteiger partial charge < -0.3 is 0 Å². The molecule has 5 aliphatic rings. The van der Waals surface area contributed by atoms with Gasteiger partial charge in [0.25, 0.3) is 0 Å². The van der Waals surface area contributed by atoms with Crippen LogP contribution in [-0.4, -0.2) is 0 Å². The fourth-order valence-electron chi connectivity index (χ4n) is 10.6. The molecule has 0 radical (unpaired) electrons. The lowest BCUT2D eigenvalue weighted by Crippen LogP contribution is -2.62. The average Bonchev–Trinajstić information content (AvgIpc) is 2.64. The Labute approximate surface area is 188 Å². The van der Waals surface area contributed by atoms with Gasteiger partial charge in [-0.15, -0.1) is 0 Å². The lowest BCUT2D eigenvalue weighted by Gasteiger charge is -2.71. The lowest BCUT2D eigenvalue weighted by atomic mass is 9.34. The molecule has 5 rings (SSSR count). The normalized spacial score (nSPS) is 54.1. The number of hydrogen-bond donors (Lipinski definition) is 0. The van der Waals surface area contributed by atoms with Crippen LogP contribution < -0.4 is 0 Å². The smallest absolute Gasteiger partial charge is 0.00566 e. The quantitative estimate of drug-likeness (QED) is 0.349. The van der Waals surface area contributed by atoms with Gasteiger partial charge in [-0.2, -0.15) is 0 Å². The molecule has 0 nitrogen and oxygen atoms in total. The van der Waals surface area contributed by atoms with Crippen LogP contribution in [0.3, 0.4) is 0 Å². The third-order valence-corrected chi connectivity index (χ3v) is 12.8. The Morgan fingerprint density at radius 3 is 2.17 bits per heavy atom. The van der Waals surface area contributed by atoms with E-state index in [1.54, 1.807) is 0 Å². The van der Waals surface area contributed by atoms with E-state index in [1.165, 1.54) is 70.6 Å². The first-order chi connectivity index (χ1) is 13.8. The molecule has 0 heteroatoms. The third-order valence-electron chi connectivity index (χ3n) is 12.8. The molecule has 0 aromatic heterocycles. The first kappa shape index (κ1) is 21.6. The second-order valence-corrected chi connectivity index (χ2v) is 15.2. The van der Waals surface area contributed by atoms with Crippen molar-refractivity contribution in [1.82, 2.24) is 0 Å². The van der Waals surface area contributed by atoms with E-state index in [2.05, 4.69) is 61.5 Å². The van der Waals surface area contributed by atoms with Crippen LogP contribution >= 0.6 is 0 Å². The number of allylic oxidation sites excluding steroid dienone is 2. The molecule has 170 valence electrons. The van der Waals surface area contributed by atoms with Crippen molar-refractivity contribution < 1.29 is 0 Å². The zero-order chi connectivity index (χ0) is 21.8. The summed E-state index contributed by atoms with van der Waals surface area (Å²) in [6.07, 6.45) is 18.8. The predicted molar refractivity (Wildman–Crippen MR) is 129 cm³/mol. The van der Waals surface area contributed by atoms with Crippen molar-refractivity contribution in [3.8, 4) is 0 Å². The second-order valence-electron chi connectivity index (χ2n) is 15.2. The first-order valence-electron chi connectivity index (χ1n) is 13.5. The minimum absolute atomic E-state index is 0.434. The summed E-state index contributed by atoms with van der Waals surface area (Å²) in [7, 11) is 0. The molecule has 0 heterocycles. The highest BCUT2D eigenvalue weighted by atomic mass is 14.7. The van der Waals surface area contributed by atoms with Crippen LogP contribution in [0.4, 0.5) is 0 Å². The summed E-state index contributed by atoms with van der Waals surface area (Å²) in [6.45, 7) is 21.2. The highest BCUT2D eigenvalue weighted by Gasteiger charge is 2.66. The molecule has 4 saturated carbocycles. The summed E-state index contributed by atoms with van der Waals surface area (Å²) in [5, 5.41) is 0. The summed E-state index contributed by atoms with van der Waals surface area (Å²) in [4.78, 5) is 0. The Bertz CT molecular complexity index is 754. The Morgan fingerprint density at radius 1 is 0.733 bits per heavy atom. The highest BCUT2D eigenvalue weighted by Crippen LogP contribution is 2.75. The van der Waals surface area contributed by atoms with Gasteiger partial charge in [0.2, 0.25) is 0 Å². The van der Waals surface area contributed by atoms with E-state index in [0.29, 0.717) is 32.5 Å². The largest absolute Gasteiger partial charge is 0.0841 e. The zero-order valence-corrected chi connectivity index (χ0v) is 21.6. The predicted octanol–water partition coefficient (Wildman–Crippen LogP) is 9.20. The Balaban J connectivity index is 1.57. The monoisotopic (exact) mass is 410 g/mol. The van der Waals surface area contributed by atoms with Crippen LogP contribution in [0.15, 0.2) is 11.6 Å². The molecule has 3 unspecified atom stereocenters. The molecule has 30 heavy (non-hydrogen) atoms. The molecule has 0 N–H and O–H groups in total. The van der Waals surface area contributed by atoms with Gasteiger partial charge in [-0.1, -0.05) is 73.5 Å². The van der Waals surface area contributed by atoms with E-state index in [0.717, 1.165) is 17.8 Å². The molecule has 0 aliphatic heterocycles. The summed E-state index contributed by atoms with van der Waals surface area (Å²) in [5.74, 6) is 2.65. The lowest BCUT2D eigenvalue weighted by molar-refractivity contribution is -0.170. The van der Waals surface area contributed by atoms with Crippen molar-refractivity contribution >= 4 is 0 Å². The van der Waals surface area contributed by atoms with E-state index in [4.69, 9.17) is 0 Å². The van der Waals surface area contributed by atoms with Gasteiger partial charge >= 0.3 is 0 Å². The van der Waals surface area contributed by atoms with E-state index in [-0.39, 0.29) is 0 Å². The molecule has 0 bridgehead atoms. The summed E-state index contributed by atoms with van der Waals surface area (Å²) in [5.41, 5.74) is 5.06. The van der Waals surface area contributed by atoms with Crippen LogP contribution in [0.5, 0.6) is 0 Å². The maximum atomic E-state index is 2.83. The molecule has 7 atom stereocenters. The molecule has 5 aliphatic carbocycles. The molecule has 4 fully saturated rings. The van der Waals surface area contributed by atoms with Crippen molar-refractivity contribution in [2.75, 3.05) is 0 Å². The Morgan fingerprint density at radius 2 is 1.43 bits per heavy atom. The molecule has 0 aromatic rings. The van der Waals surface area contributed by atoms with Gasteiger partial charge in [-0.25, -0.2) is 0 Å². The van der Waals surface area contributed by atoms with E-state index < -0.39 is 0 Å². The second kappa shape index (κ2) is 6.20. The fourth-order valence-corrected chi connectivity index (χ4v) is 10.6. The fraction of sp³-hybridized carbons (Fsp3) is 0.933. The molecule has 0 aromatic carbocycles. The van der Waals surface area contributed by atoms with Crippen LogP contribution in [0, 0.1) is 50.2 Å². The highest BCUT2D eigenvalue weighted by molar-refractivity contribution is 5.33. The Hall–Kier alpha value is -0.260. The van der Waals surface area contributed by atoms with E-state index in [9.17, 15) is 0 Å². The van der Waals surface area contributed by atoms with Gasteiger partial charge in [0.1, 0.15) is 0 Å². The van der Waals surface area contributed by atoms with Crippen LogP contribution in [0.1, 0.15) is 126 Å². The topological polar surface area (TPSA) is 0 Å². The molecular weight excluding hydrogens is 360 g/mol. The maximum Gasteiger partial charge on any atom is -0.00566 e.